The summed E-state index contributed by atoms with van der Waals surface area (Å²) in [6, 6.07) is 89.6. The predicted octanol–water partition coefficient (Wildman–Crippen LogP) is 15.6. The third-order valence-electron chi connectivity index (χ3n) is 13.6. The number of fused-ring (bicyclic) bond motifs is 9. The molecule has 2 nitrogen and oxygen atoms in total. The van der Waals surface area contributed by atoms with Crippen LogP contribution in [0.3, 0.4) is 0 Å². The van der Waals surface area contributed by atoms with Crippen molar-refractivity contribution >= 4 is 43.6 Å². The smallest absolute Gasteiger partial charge is 0.0713 e. The van der Waals surface area contributed by atoms with Crippen molar-refractivity contribution in [3.8, 4) is 44.8 Å². The molecule has 2 aromatic heterocycles. The van der Waals surface area contributed by atoms with Gasteiger partial charge in [0.2, 0.25) is 0 Å². The molecular weight excluding hydrogens is 761 g/mol. The zero-order chi connectivity index (χ0) is 41.5. The van der Waals surface area contributed by atoms with Crippen LogP contribution < -0.4 is 0 Å². The molecule has 0 atom stereocenters. The number of hydrogen-bond donors (Lipinski definition) is 0. The van der Waals surface area contributed by atoms with Gasteiger partial charge < -0.3 is 9.13 Å². The van der Waals surface area contributed by atoms with E-state index in [-0.39, 0.29) is 0 Å². The number of rotatable bonds is 6. The van der Waals surface area contributed by atoms with Gasteiger partial charge in [-0.25, -0.2) is 0 Å². The molecule has 12 aromatic rings. The van der Waals surface area contributed by atoms with Gasteiger partial charge >= 0.3 is 0 Å². The number of nitrogens with zero attached hydrogens (tertiary/aromatic N) is 2. The van der Waals surface area contributed by atoms with E-state index in [0.717, 1.165) is 5.69 Å². The van der Waals surface area contributed by atoms with Gasteiger partial charge in [0.15, 0.2) is 0 Å². The fourth-order valence-electron chi connectivity index (χ4n) is 10.9. The van der Waals surface area contributed by atoms with Crippen LogP contribution >= 0.6 is 0 Å². The maximum Gasteiger partial charge on any atom is 0.0713 e. The van der Waals surface area contributed by atoms with Crippen LogP contribution in [0.2, 0.25) is 0 Å². The number of aromatic nitrogens is 2. The van der Waals surface area contributed by atoms with Crippen molar-refractivity contribution in [2.24, 2.45) is 0 Å². The summed E-state index contributed by atoms with van der Waals surface area (Å²) in [4.78, 5) is 0. The van der Waals surface area contributed by atoms with Crippen molar-refractivity contribution in [3.05, 3.63) is 265 Å². The van der Waals surface area contributed by atoms with Gasteiger partial charge in [0.25, 0.3) is 0 Å². The Morgan fingerprint density at radius 2 is 0.714 bits per heavy atom. The summed E-state index contributed by atoms with van der Waals surface area (Å²) in [7, 11) is 0. The zero-order valence-corrected chi connectivity index (χ0v) is 34.5. The van der Waals surface area contributed by atoms with E-state index in [9.17, 15) is 0 Å². The molecule has 0 bridgehead atoms. The Morgan fingerprint density at radius 3 is 1.40 bits per heavy atom. The lowest BCUT2D eigenvalue weighted by atomic mass is 9.67. The Kier molecular flexibility index (Phi) is 7.85. The van der Waals surface area contributed by atoms with Crippen molar-refractivity contribution in [1.29, 1.82) is 0 Å². The molecule has 63 heavy (non-hydrogen) atoms. The van der Waals surface area contributed by atoms with Crippen LogP contribution in [0, 0.1) is 0 Å². The van der Waals surface area contributed by atoms with Gasteiger partial charge in [-0.1, -0.05) is 176 Å². The van der Waals surface area contributed by atoms with Crippen LogP contribution in [0.4, 0.5) is 0 Å². The fourth-order valence-corrected chi connectivity index (χ4v) is 10.9. The number of benzene rings is 10. The molecule has 0 saturated heterocycles. The van der Waals surface area contributed by atoms with Crippen molar-refractivity contribution in [1.82, 2.24) is 9.13 Å². The highest BCUT2D eigenvalue weighted by Gasteiger charge is 2.46. The highest BCUT2D eigenvalue weighted by molar-refractivity contribution is 6.13. The molecule has 0 spiro atoms. The molecule has 0 saturated carbocycles. The lowest BCUT2D eigenvalue weighted by molar-refractivity contribution is 0.770. The number of hydrogen-bond acceptors (Lipinski definition) is 0. The summed E-state index contributed by atoms with van der Waals surface area (Å²) in [6.45, 7) is 0. The fraction of sp³-hybridized carbons (Fsp3) is 0.0164. The van der Waals surface area contributed by atoms with Gasteiger partial charge in [-0.15, -0.1) is 0 Å². The second-order valence-electron chi connectivity index (χ2n) is 16.8. The molecule has 2 heterocycles. The van der Waals surface area contributed by atoms with Crippen molar-refractivity contribution < 1.29 is 0 Å². The molecular formula is C61H40N2. The molecule has 1 aliphatic carbocycles. The van der Waals surface area contributed by atoms with Crippen LogP contribution in [0.15, 0.2) is 243 Å². The normalized spacial score (nSPS) is 12.9. The summed E-state index contributed by atoms with van der Waals surface area (Å²) in [6.07, 6.45) is 0. The molecule has 0 radical (unpaired) electrons. The second kappa shape index (κ2) is 13.9. The van der Waals surface area contributed by atoms with E-state index in [2.05, 4.69) is 252 Å². The van der Waals surface area contributed by atoms with Crippen molar-refractivity contribution in [3.63, 3.8) is 0 Å². The molecule has 0 unspecified atom stereocenters. The minimum absolute atomic E-state index is 0.500. The molecule has 1 aliphatic rings. The summed E-state index contributed by atoms with van der Waals surface area (Å²) in [5.41, 5.74) is 19.1. The Balaban J connectivity index is 1.08. The standard InChI is InChI=1S/C61H40N2/c1-4-17-41(18-5-1)42-19-16-24-48(37-42)63-59-35-32-44(43-31-34-58-52(38-43)51-27-12-15-30-57(51)62(58)47-22-8-3-9-23-47)39-53(59)54-40-46(33-36-60(54)63)61(45-20-6-2-7-21-45)55-28-13-10-25-49(55)50-26-11-14-29-56(50)61/h1-40H. The first-order chi connectivity index (χ1) is 31.3. The quantitative estimate of drug-likeness (QED) is 0.159. The Labute approximate surface area is 366 Å². The molecule has 0 amide bonds. The molecule has 0 N–H and O–H groups in total. The van der Waals surface area contributed by atoms with Gasteiger partial charge in [0, 0.05) is 32.9 Å². The second-order valence-corrected chi connectivity index (χ2v) is 16.8. The predicted molar refractivity (Wildman–Crippen MR) is 263 cm³/mol. The average molecular weight is 801 g/mol. The molecule has 2 heteroatoms. The summed E-state index contributed by atoms with van der Waals surface area (Å²) < 4.78 is 4.85. The summed E-state index contributed by atoms with van der Waals surface area (Å²) in [5.74, 6) is 0. The molecule has 0 aliphatic heterocycles. The Bertz CT molecular complexity index is 3680. The van der Waals surface area contributed by atoms with Crippen LogP contribution in [-0.4, -0.2) is 9.13 Å². The van der Waals surface area contributed by atoms with E-state index in [1.165, 1.54) is 105 Å². The summed E-state index contributed by atoms with van der Waals surface area (Å²) >= 11 is 0. The highest BCUT2D eigenvalue weighted by Crippen LogP contribution is 2.56. The maximum atomic E-state index is 2.50. The van der Waals surface area contributed by atoms with Gasteiger partial charge in [-0.2, -0.15) is 0 Å². The Hall–Kier alpha value is -8.20. The maximum absolute atomic E-state index is 2.50. The van der Waals surface area contributed by atoms with Crippen molar-refractivity contribution in [2.45, 2.75) is 5.41 Å². The lowest BCUT2D eigenvalue weighted by Crippen LogP contribution is -2.28. The monoisotopic (exact) mass is 800 g/mol. The number of para-hydroxylation sites is 2. The minimum Gasteiger partial charge on any atom is -0.309 e. The van der Waals surface area contributed by atoms with E-state index in [4.69, 9.17) is 0 Å². The SMILES string of the molecule is c1ccc(-c2cccc(-n3c4ccc(-c5ccc6c(c5)c5ccccc5n6-c5ccccc5)cc4c4cc(C5(c6ccccc6)c6ccccc6-c6ccccc65)ccc43)c2)cc1. The third-order valence-corrected chi connectivity index (χ3v) is 13.6. The van der Waals surface area contributed by atoms with Crippen LogP contribution in [-0.2, 0) is 5.41 Å². The van der Waals surface area contributed by atoms with E-state index in [1.807, 2.05) is 0 Å². The highest BCUT2D eigenvalue weighted by atomic mass is 15.0. The van der Waals surface area contributed by atoms with Gasteiger partial charge in [-0.3, -0.25) is 0 Å². The average Bonchev–Trinajstić information content (AvgIpc) is 3.98. The van der Waals surface area contributed by atoms with Crippen molar-refractivity contribution in [2.75, 3.05) is 0 Å². The lowest BCUT2D eigenvalue weighted by Gasteiger charge is -2.34. The molecule has 294 valence electrons. The van der Waals surface area contributed by atoms with Crippen LogP contribution in [0.25, 0.3) is 88.4 Å². The van der Waals surface area contributed by atoms with Gasteiger partial charge in [0.1, 0.15) is 0 Å². The Morgan fingerprint density at radius 1 is 0.254 bits per heavy atom. The zero-order valence-electron chi connectivity index (χ0n) is 34.5. The molecule has 10 aromatic carbocycles. The topological polar surface area (TPSA) is 9.86 Å². The van der Waals surface area contributed by atoms with Crippen LogP contribution in [0.1, 0.15) is 22.3 Å². The minimum atomic E-state index is -0.500. The third kappa shape index (κ3) is 5.25. The van der Waals surface area contributed by atoms with E-state index in [1.54, 1.807) is 0 Å². The van der Waals surface area contributed by atoms with E-state index >= 15 is 0 Å². The van der Waals surface area contributed by atoms with Gasteiger partial charge in [-0.05, 0) is 122 Å². The van der Waals surface area contributed by atoms with Crippen LogP contribution in [0.5, 0.6) is 0 Å². The first-order valence-electron chi connectivity index (χ1n) is 21.8. The summed E-state index contributed by atoms with van der Waals surface area (Å²) in [5, 5.41) is 4.96. The van der Waals surface area contributed by atoms with Gasteiger partial charge in [0.05, 0.1) is 27.5 Å². The molecule has 0 fully saturated rings. The van der Waals surface area contributed by atoms with E-state index in [0.29, 0.717) is 0 Å². The first-order valence-corrected chi connectivity index (χ1v) is 21.8. The van der Waals surface area contributed by atoms with E-state index < -0.39 is 5.41 Å². The largest absolute Gasteiger partial charge is 0.309 e. The molecule has 13 rings (SSSR count). The first kappa shape index (κ1) is 35.5.